The second-order valence-corrected chi connectivity index (χ2v) is 6.64. The van der Waals surface area contributed by atoms with E-state index in [0.29, 0.717) is 30.5 Å². The molecule has 1 aromatic carbocycles. The molecule has 1 aromatic heterocycles. The Labute approximate surface area is 154 Å². The number of likely N-dealkylation sites (N-methyl/N-ethyl adjacent to an activating group) is 1. The van der Waals surface area contributed by atoms with Crippen LogP contribution in [0.2, 0.25) is 0 Å². The van der Waals surface area contributed by atoms with E-state index in [1.165, 1.54) is 0 Å². The number of nitrogens with zero attached hydrogens (tertiary/aromatic N) is 4. The second kappa shape index (κ2) is 7.70. The number of aryl methyl sites for hydroxylation is 2. The number of rotatable bonds is 4. The summed E-state index contributed by atoms with van der Waals surface area (Å²) < 4.78 is 5.39. The lowest BCUT2D eigenvalue weighted by molar-refractivity contribution is 0.0658. The number of nitrogens with one attached hydrogen (secondary N) is 1. The molecule has 1 N–H and O–H groups in total. The van der Waals surface area contributed by atoms with Crippen LogP contribution in [-0.2, 0) is 0 Å². The minimum atomic E-state index is -0.0529. The monoisotopic (exact) mass is 355 g/mol. The number of carbonyl (C=O) groups excluding carboxylic acids is 1. The van der Waals surface area contributed by atoms with Crippen molar-refractivity contribution in [3.05, 3.63) is 41.2 Å². The molecule has 0 atom stereocenters. The highest BCUT2D eigenvalue weighted by Crippen LogP contribution is 2.27. The lowest BCUT2D eigenvalue weighted by Gasteiger charge is -2.32. The van der Waals surface area contributed by atoms with Gasteiger partial charge >= 0.3 is 0 Å². The van der Waals surface area contributed by atoms with Crippen LogP contribution in [0.4, 0.5) is 11.6 Å². The molecule has 1 aliphatic heterocycles. The Bertz CT molecular complexity index is 801. The normalized spacial score (nSPS) is 15.0. The summed E-state index contributed by atoms with van der Waals surface area (Å²) in [6.45, 7) is 7.05. The van der Waals surface area contributed by atoms with E-state index < -0.39 is 0 Å². The quantitative estimate of drug-likeness (QED) is 0.907. The van der Waals surface area contributed by atoms with E-state index in [2.05, 4.69) is 27.2 Å². The van der Waals surface area contributed by atoms with Crippen molar-refractivity contribution in [2.75, 3.05) is 45.7 Å². The van der Waals surface area contributed by atoms with E-state index in [4.69, 9.17) is 4.74 Å². The number of hydrogen-bond acceptors (Lipinski definition) is 6. The zero-order valence-corrected chi connectivity index (χ0v) is 15.7. The van der Waals surface area contributed by atoms with Crippen molar-refractivity contribution in [3.63, 3.8) is 0 Å². The molecule has 1 fully saturated rings. The van der Waals surface area contributed by atoms with Crippen molar-refractivity contribution in [2.45, 2.75) is 13.8 Å². The first-order chi connectivity index (χ1) is 12.5. The number of ether oxygens (including phenoxy) is 1. The molecule has 2 heterocycles. The van der Waals surface area contributed by atoms with E-state index in [0.717, 1.165) is 30.0 Å². The van der Waals surface area contributed by atoms with Crippen molar-refractivity contribution < 1.29 is 9.53 Å². The standard InChI is InChI=1S/C19H25N5O2/c1-13-5-6-17(26-4)15(11-13)21-19-20-14(2)12-16(22-19)18(25)24-9-7-23(3)8-10-24/h5-6,11-12H,7-10H2,1-4H3,(H,20,21,22). The molecular weight excluding hydrogens is 330 g/mol. The highest BCUT2D eigenvalue weighted by atomic mass is 16.5. The fraction of sp³-hybridized carbons (Fsp3) is 0.421. The maximum absolute atomic E-state index is 12.8. The number of anilines is 2. The summed E-state index contributed by atoms with van der Waals surface area (Å²) in [7, 11) is 3.68. The van der Waals surface area contributed by atoms with Gasteiger partial charge in [-0.2, -0.15) is 0 Å². The van der Waals surface area contributed by atoms with Gasteiger partial charge in [0.25, 0.3) is 5.91 Å². The summed E-state index contributed by atoms with van der Waals surface area (Å²) in [5.74, 6) is 1.04. The molecule has 1 aliphatic rings. The highest BCUT2D eigenvalue weighted by Gasteiger charge is 2.22. The number of hydrogen-bond donors (Lipinski definition) is 1. The molecular formula is C19H25N5O2. The maximum Gasteiger partial charge on any atom is 0.272 e. The van der Waals surface area contributed by atoms with Crippen molar-refractivity contribution in [1.82, 2.24) is 19.8 Å². The van der Waals surface area contributed by atoms with Crippen molar-refractivity contribution in [1.29, 1.82) is 0 Å². The molecule has 1 saturated heterocycles. The smallest absolute Gasteiger partial charge is 0.272 e. The highest BCUT2D eigenvalue weighted by molar-refractivity contribution is 5.92. The largest absolute Gasteiger partial charge is 0.495 e. The first kappa shape index (κ1) is 18.1. The van der Waals surface area contributed by atoms with E-state index in [1.54, 1.807) is 13.2 Å². The zero-order valence-electron chi connectivity index (χ0n) is 15.7. The Morgan fingerprint density at radius 3 is 2.54 bits per heavy atom. The number of carbonyl (C=O) groups is 1. The van der Waals surface area contributed by atoms with Crippen LogP contribution in [0.5, 0.6) is 5.75 Å². The SMILES string of the molecule is COc1ccc(C)cc1Nc1nc(C)cc(C(=O)N2CCN(C)CC2)n1. The Hall–Kier alpha value is -2.67. The van der Waals surface area contributed by atoms with E-state index in [1.807, 2.05) is 36.9 Å². The number of aromatic nitrogens is 2. The van der Waals surface area contributed by atoms with Gasteiger partial charge in [0.2, 0.25) is 5.95 Å². The first-order valence-electron chi connectivity index (χ1n) is 8.71. The van der Waals surface area contributed by atoms with Gasteiger partial charge < -0.3 is 19.9 Å². The number of amides is 1. The number of benzene rings is 1. The average molecular weight is 355 g/mol. The molecule has 0 unspecified atom stereocenters. The predicted molar refractivity (Wildman–Crippen MR) is 101 cm³/mol. The van der Waals surface area contributed by atoms with Crippen LogP contribution in [0.3, 0.4) is 0 Å². The van der Waals surface area contributed by atoms with Crippen LogP contribution in [-0.4, -0.2) is 66.0 Å². The third kappa shape index (κ3) is 4.11. The van der Waals surface area contributed by atoms with Crippen LogP contribution in [0, 0.1) is 13.8 Å². The molecule has 0 aliphatic carbocycles. The number of methoxy groups -OCH3 is 1. The Balaban J connectivity index is 1.84. The molecule has 3 rings (SSSR count). The van der Waals surface area contributed by atoms with Gasteiger partial charge in [-0.1, -0.05) is 6.07 Å². The van der Waals surface area contributed by atoms with Gasteiger partial charge in [-0.25, -0.2) is 9.97 Å². The van der Waals surface area contributed by atoms with Gasteiger partial charge in [-0.15, -0.1) is 0 Å². The zero-order chi connectivity index (χ0) is 18.7. The fourth-order valence-electron chi connectivity index (χ4n) is 2.95. The molecule has 26 heavy (non-hydrogen) atoms. The lowest BCUT2D eigenvalue weighted by atomic mass is 10.2. The van der Waals surface area contributed by atoms with E-state index >= 15 is 0 Å². The summed E-state index contributed by atoms with van der Waals surface area (Å²) >= 11 is 0. The Morgan fingerprint density at radius 1 is 1.12 bits per heavy atom. The van der Waals surface area contributed by atoms with Gasteiger partial charge in [-0.3, -0.25) is 4.79 Å². The summed E-state index contributed by atoms with van der Waals surface area (Å²) in [6, 6.07) is 7.57. The minimum absolute atomic E-state index is 0.0529. The van der Waals surface area contributed by atoms with Gasteiger partial charge in [0.05, 0.1) is 12.8 Å². The summed E-state index contributed by atoms with van der Waals surface area (Å²) in [5, 5.41) is 3.18. The van der Waals surface area contributed by atoms with Crippen molar-refractivity contribution in [2.24, 2.45) is 0 Å². The third-order valence-corrected chi connectivity index (χ3v) is 4.47. The molecule has 2 aromatic rings. The van der Waals surface area contributed by atoms with Crippen molar-refractivity contribution in [3.8, 4) is 5.75 Å². The minimum Gasteiger partial charge on any atom is -0.495 e. The fourth-order valence-corrected chi connectivity index (χ4v) is 2.95. The molecule has 7 heteroatoms. The average Bonchev–Trinajstić information content (AvgIpc) is 2.61. The first-order valence-corrected chi connectivity index (χ1v) is 8.71. The van der Waals surface area contributed by atoms with E-state index in [9.17, 15) is 4.79 Å². The number of piperazine rings is 1. The Morgan fingerprint density at radius 2 is 1.85 bits per heavy atom. The lowest BCUT2D eigenvalue weighted by Crippen LogP contribution is -2.47. The van der Waals surface area contributed by atoms with Crippen molar-refractivity contribution >= 4 is 17.5 Å². The Kier molecular flexibility index (Phi) is 5.37. The second-order valence-electron chi connectivity index (χ2n) is 6.64. The maximum atomic E-state index is 12.8. The molecule has 0 radical (unpaired) electrons. The predicted octanol–water partition coefficient (Wildman–Crippen LogP) is 2.23. The summed E-state index contributed by atoms with van der Waals surface area (Å²) in [5.41, 5.74) is 3.02. The third-order valence-electron chi connectivity index (χ3n) is 4.47. The van der Waals surface area contributed by atoms with Gasteiger partial charge in [0, 0.05) is 31.9 Å². The van der Waals surface area contributed by atoms with Gasteiger partial charge in [-0.05, 0) is 44.7 Å². The van der Waals surface area contributed by atoms with E-state index in [-0.39, 0.29) is 5.91 Å². The molecule has 138 valence electrons. The summed E-state index contributed by atoms with van der Waals surface area (Å²) in [4.78, 5) is 25.7. The molecule has 0 saturated carbocycles. The summed E-state index contributed by atoms with van der Waals surface area (Å²) in [6.07, 6.45) is 0. The molecule has 0 bridgehead atoms. The topological polar surface area (TPSA) is 70.6 Å². The van der Waals surface area contributed by atoms with Gasteiger partial charge in [0.1, 0.15) is 11.4 Å². The van der Waals surface area contributed by atoms with Crippen LogP contribution in [0.1, 0.15) is 21.7 Å². The van der Waals surface area contributed by atoms with Crippen LogP contribution >= 0.6 is 0 Å². The van der Waals surface area contributed by atoms with Crippen LogP contribution < -0.4 is 10.1 Å². The molecule has 7 nitrogen and oxygen atoms in total. The van der Waals surface area contributed by atoms with Crippen LogP contribution in [0.15, 0.2) is 24.3 Å². The van der Waals surface area contributed by atoms with Crippen LogP contribution in [0.25, 0.3) is 0 Å². The molecule has 0 spiro atoms. The molecule has 1 amide bonds. The van der Waals surface area contributed by atoms with Gasteiger partial charge in [0.15, 0.2) is 0 Å².